The summed E-state index contributed by atoms with van der Waals surface area (Å²) in [5, 5.41) is 2.70. The van der Waals surface area contributed by atoms with Gasteiger partial charge < -0.3 is 14.8 Å². The summed E-state index contributed by atoms with van der Waals surface area (Å²) >= 11 is 0. The van der Waals surface area contributed by atoms with Gasteiger partial charge in [0.05, 0.1) is 19.1 Å². The zero-order valence-electron chi connectivity index (χ0n) is 21.3. The van der Waals surface area contributed by atoms with Crippen molar-refractivity contribution in [3.05, 3.63) is 57.9 Å². The molecular formula is C28H36FNO4. The lowest BCUT2D eigenvalue weighted by Gasteiger charge is -2.25. The molecule has 0 bridgehead atoms. The van der Waals surface area contributed by atoms with Gasteiger partial charge in [0.15, 0.2) is 0 Å². The lowest BCUT2D eigenvalue weighted by atomic mass is 9.87. The Labute approximate surface area is 202 Å². The number of benzene rings is 2. The number of rotatable bonds is 7. The number of nitrogens with one attached hydrogen (secondary N) is 1. The quantitative estimate of drug-likeness (QED) is 0.452. The van der Waals surface area contributed by atoms with Crippen LogP contribution in [0.25, 0.3) is 11.1 Å². The summed E-state index contributed by atoms with van der Waals surface area (Å²) in [6.07, 6.45) is 1.38. The van der Waals surface area contributed by atoms with Crippen molar-refractivity contribution in [2.75, 3.05) is 6.61 Å². The highest BCUT2D eigenvalue weighted by molar-refractivity contribution is 5.76. The summed E-state index contributed by atoms with van der Waals surface area (Å²) in [5.74, 6) is -0.458. The smallest absolute Gasteiger partial charge is 0.408 e. The molecule has 0 saturated heterocycles. The zero-order valence-corrected chi connectivity index (χ0v) is 21.3. The first kappa shape index (κ1) is 25.7. The number of hydrogen-bond donors (Lipinski definition) is 1. The Morgan fingerprint density at radius 2 is 1.76 bits per heavy atom. The van der Waals surface area contributed by atoms with Crippen molar-refractivity contribution < 1.29 is 23.5 Å². The topological polar surface area (TPSA) is 64.6 Å². The van der Waals surface area contributed by atoms with E-state index in [1.807, 2.05) is 6.07 Å². The minimum Gasteiger partial charge on any atom is -0.466 e. The third-order valence-corrected chi connectivity index (χ3v) is 5.84. The molecule has 2 aromatic rings. The summed E-state index contributed by atoms with van der Waals surface area (Å²) in [4.78, 5) is 24.9. The third kappa shape index (κ3) is 6.37. The van der Waals surface area contributed by atoms with Crippen LogP contribution in [0.2, 0.25) is 0 Å². The molecule has 1 atom stereocenters. The van der Waals surface area contributed by atoms with Crippen molar-refractivity contribution in [2.24, 2.45) is 0 Å². The van der Waals surface area contributed by atoms with E-state index in [1.165, 1.54) is 11.1 Å². The second kappa shape index (κ2) is 10.2. The predicted molar refractivity (Wildman–Crippen MR) is 131 cm³/mol. The summed E-state index contributed by atoms with van der Waals surface area (Å²) in [6, 6.07) is 7.02. The minimum atomic E-state index is -0.928. The van der Waals surface area contributed by atoms with Crippen molar-refractivity contribution in [3.63, 3.8) is 0 Å². The van der Waals surface area contributed by atoms with Crippen LogP contribution in [-0.4, -0.2) is 24.3 Å². The normalized spacial score (nSPS) is 14.5. The largest absolute Gasteiger partial charge is 0.466 e. The van der Waals surface area contributed by atoms with Gasteiger partial charge >= 0.3 is 12.1 Å². The van der Waals surface area contributed by atoms with Gasteiger partial charge in [-0.2, -0.15) is 0 Å². The van der Waals surface area contributed by atoms with Crippen LogP contribution < -0.4 is 5.32 Å². The van der Waals surface area contributed by atoms with Crippen LogP contribution in [0, 0.1) is 26.6 Å². The number of halogens is 1. The molecule has 1 unspecified atom stereocenters. The van der Waals surface area contributed by atoms with E-state index in [1.54, 1.807) is 40.7 Å². The Morgan fingerprint density at radius 3 is 2.35 bits per heavy atom. The number of ether oxygens (including phenoxy) is 2. The lowest BCUT2D eigenvalue weighted by Crippen LogP contribution is -2.36. The molecule has 0 aromatic heterocycles. The Morgan fingerprint density at radius 1 is 1.09 bits per heavy atom. The molecule has 6 heteroatoms. The molecule has 0 spiro atoms. The van der Waals surface area contributed by atoms with Gasteiger partial charge in [0, 0.05) is 5.56 Å². The van der Waals surface area contributed by atoms with Gasteiger partial charge in [-0.05, 0) is 107 Å². The molecule has 0 heterocycles. The number of esters is 1. The van der Waals surface area contributed by atoms with Crippen molar-refractivity contribution >= 4 is 12.1 Å². The molecular weight excluding hydrogens is 433 g/mol. The molecule has 1 saturated carbocycles. The van der Waals surface area contributed by atoms with Gasteiger partial charge in [-0.1, -0.05) is 17.7 Å². The predicted octanol–water partition coefficient (Wildman–Crippen LogP) is 6.81. The fourth-order valence-corrected chi connectivity index (χ4v) is 4.38. The summed E-state index contributed by atoms with van der Waals surface area (Å²) in [6.45, 7) is 13.0. The van der Waals surface area contributed by atoms with Crippen LogP contribution in [0.4, 0.5) is 9.18 Å². The van der Waals surface area contributed by atoms with E-state index in [4.69, 9.17) is 9.47 Å². The van der Waals surface area contributed by atoms with Gasteiger partial charge in [0.2, 0.25) is 0 Å². The third-order valence-electron chi connectivity index (χ3n) is 5.84. The van der Waals surface area contributed by atoms with E-state index in [0.717, 1.165) is 29.5 Å². The molecule has 1 N–H and O–H groups in total. The van der Waals surface area contributed by atoms with Crippen molar-refractivity contribution in [3.8, 4) is 11.1 Å². The fourth-order valence-electron chi connectivity index (χ4n) is 4.38. The SMILES string of the molecule is CCOC(=O)CC(NC(=O)OC(C)(C)C)c1cc(-c2c(C)cc(C)cc2C2CC2)cc(C)c1F. The number of amides is 1. The maximum atomic E-state index is 15.5. The minimum absolute atomic E-state index is 0.199. The van der Waals surface area contributed by atoms with Crippen LogP contribution >= 0.6 is 0 Å². The highest BCUT2D eigenvalue weighted by Gasteiger charge is 2.30. The number of alkyl carbamates (subject to hydrolysis) is 1. The van der Waals surface area contributed by atoms with Crippen LogP contribution in [0.3, 0.4) is 0 Å². The van der Waals surface area contributed by atoms with Crippen LogP contribution in [-0.2, 0) is 14.3 Å². The molecule has 3 rings (SSSR count). The van der Waals surface area contributed by atoms with E-state index < -0.39 is 29.5 Å². The number of hydrogen-bond acceptors (Lipinski definition) is 4. The van der Waals surface area contributed by atoms with Crippen LogP contribution in [0.1, 0.15) is 86.7 Å². The highest BCUT2D eigenvalue weighted by Crippen LogP contribution is 2.46. The standard InChI is InChI=1S/C28H36FNO4/c1-8-33-24(31)15-23(30-27(32)34-28(5,6)7)22-14-20(13-18(4)26(22)29)25-17(3)11-16(2)12-21(25)19-9-10-19/h11-14,19,23H,8-10,15H2,1-7H3,(H,30,32). The molecule has 1 aliphatic carbocycles. The van der Waals surface area contributed by atoms with Crippen molar-refractivity contribution in [1.82, 2.24) is 5.32 Å². The summed E-state index contributed by atoms with van der Waals surface area (Å²) in [5.41, 5.74) is 5.56. The summed E-state index contributed by atoms with van der Waals surface area (Å²) in [7, 11) is 0. The van der Waals surface area contributed by atoms with Gasteiger partial charge in [-0.3, -0.25) is 4.79 Å². The lowest BCUT2D eigenvalue weighted by molar-refractivity contribution is -0.143. The monoisotopic (exact) mass is 469 g/mol. The second-order valence-corrected chi connectivity index (χ2v) is 10.2. The van der Waals surface area contributed by atoms with Crippen molar-refractivity contribution in [2.45, 2.75) is 85.3 Å². The molecule has 1 amide bonds. The highest BCUT2D eigenvalue weighted by atomic mass is 19.1. The molecule has 0 radical (unpaired) electrons. The molecule has 34 heavy (non-hydrogen) atoms. The zero-order chi connectivity index (χ0) is 25.2. The number of carbonyl (C=O) groups excluding carboxylic acids is 2. The Balaban J connectivity index is 2.08. The van der Waals surface area contributed by atoms with Crippen molar-refractivity contribution in [1.29, 1.82) is 0 Å². The van der Waals surface area contributed by atoms with Gasteiger partial charge in [0.25, 0.3) is 0 Å². The first-order valence-electron chi connectivity index (χ1n) is 12.0. The van der Waals surface area contributed by atoms with Crippen LogP contribution in [0.15, 0.2) is 24.3 Å². The fraction of sp³-hybridized carbons (Fsp3) is 0.500. The Bertz CT molecular complexity index is 1080. The molecule has 2 aromatic carbocycles. The first-order chi connectivity index (χ1) is 15.9. The number of aryl methyl sites for hydroxylation is 3. The molecule has 1 fully saturated rings. The average molecular weight is 470 g/mol. The first-order valence-corrected chi connectivity index (χ1v) is 12.0. The van der Waals surface area contributed by atoms with E-state index >= 15 is 4.39 Å². The van der Waals surface area contributed by atoms with E-state index in [0.29, 0.717) is 11.5 Å². The Kier molecular flexibility index (Phi) is 7.69. The van der Waals surface area contributed by atoms with E-state index in [-0.39, 0.29) is 18.6 Å². The maximum absolute atomic E-state index is 15.5. The molecule has 0 aliphatic heterocycles. The van der Waals surface area contributed by atoms with Gasteiger partial charge in [-0.25, -0.2) is 9.18 Å². The van der Waals surface area contributed by atoms with Gasteiger partial charge in [-0.15, -0.1) is 0 Å². The summed E-state index contributed by atoms with van der Waals surface area (Å²) < 4.78 is 25.9. The van der Waals surface area contributed by atoms with Gasteiger partial charge in [0.1, 0.15) is 11.4 Å². The second-order valence-electron chi connectivity index (χ2n) is 10.2. The number of carbonyl (C=O) groups is 2. The molecule has 5 nitrogen and oxygen atoms in total. The maximum Gasteiger partial charge on any atom is 0.408 e. The average Bonchev–Trinajstić information content (AvgIpc) is 3.53. The molecule has 184 valence electrons. The van der Waals surface area contributed by atoms with E-state index in [2.05, 4.69) is 31.3 Å². The van der Waals surface area contributed by atoms with E-state index in [9.17, 15) is 9.59 Å². The Hall–Kier alpha value is -2.89. The van der Waals surface area contributed by atoms with Crippen LogP contribution in [0.5, 0.6) is 0 Å². The molecule has 1 aliphatic rings.